The van der Waals surface area contributed by atoms with Crippen molar-refractivity contribution in [1.29, 1.82) is 0 Å². The van der Waals surface area contributed by atoms with Crippen LogP contribution < -0.4 is 4.74 Å². The van der Waals surface area contributed by atoms with Crippen molar-refractivity contribution in [2.45, 2.75) is 33.3 Å². The highest BCUT2D eigenvalue weighted by atomic mass is 16.5. The Labute approximate surface area is 205 Å². The molecule has 6 nitrogen and oxygen atoms in total. The molecule has 0 saturated carbocycles. The standard InChI is InChI=1S/C29H29N3O3/c1-20-9-11-22(12-10-20)27(33)23-13-16-31(17-14-23)29(34)25-7-3-4-8-26(25)35-19-24-18-32-15-5-6-21(2)28(32)30-24/h3-12,15,18,23H,13-14,16-17,19H2,1-2H3. The fourth-order valence-electron chi connectivity index (χ4n) is 4.66. The summed E-state index contributed by atoms with van der Waals surface area (Å²) in [6, 6.07) is 19.1. The molecule has 178 valence electrons. The van der Waals surface area contributed by atoms with Crippen molar-refractivity contribution in [3.05, 3.63) is 101 Å². The Bertz CT molecular complexity index is 1370. The van der Waals surface area contributed by atoms with Crippen molar-refractivity contribution in [1.82, 2.24) is 14.3 Å². The van der Waals surface area contributed by atoms with Crippen LogP contribution in [0.1, 0.15) is 50.4 Å². The SMILES string of the molecule is Cc1ccc(C(=O)C2CCN(C(=O)c3ccccc3OCc3cn4cccc(C)c4n3)CC2)cc1. The normalized spacial score (nSPS) is 14.3. The van der Waals surface area contributed by atoms with Crippen molar-refractivity contribution in [2.24, 2.45) is 5.92 Å². The first kappa shape index (κ1) is 22.8. The second kappa shape index (κ2) is 9.74. The number of carbonyl (C=O) groups excluding carboxylic acids is 2. The molecule has 1 amide bonds. The Morgan fingerprint density at radius 2 is 1.71 bits per heavy atom. The quantitative estimate of drug-likeness (QED) is 0.363. The summed E-state index contributed by atoms with van der Waals surface area (Å²) < 4.78 is 8.03. The van der Waals surface area contributed by atoms with Crippen LogP contribution in [-0.2, 0) is 6.61 Å². The lowest BCUT2D eigenvalue weighted by atomic mass is 9.88. The number of Topliss-reactive ketones (excluding diaryl/α,β-unsaturated/α-hetero) is 1. The minimum Gasteiger partial charge on any atom is -0.486 e. The summed E-state index contributed by atoms with van der Waals surface area (Å²) in [5, 5.41) is 0. The van der Waals surface area contributed by atoms with Crippen molar-refractivity contribution < 1.29 is 14.3 Å². The highest BCUT2D eigenvalue weighted by Crippen LogP contribution is 2.26. The summed E-state index contributed by atoms with van der Waals surface area (Å²) in [4.78, 5) is 32.7. The molecule has 0 N–H and O–H groups in total. The number of piperidine rings is 1. The number of ketones is 1. The van der Waals surface area contributed by atoms with Gasteiger partial charge in [-0.05, 0) is 50.5 Å². The van der Waals surface area contributed by atoms with Gasteiger partial charge in [0.15, 0.2) is 5.78 Å². The maximum Gasteiger partial charge on any atom is 0.257 e. The Morgan fingerprint density at radius 1 is 0.971 bits per heavy atom. The third-order valence-electron chi connectivity index (χ3n) is 6.71. The second-order valence-electron chi connectivity index (χ2n) is 9.24. The van der Waals surface area contributed by atoms with E-state index in [-0.39, 0.29) is 24.2 Å². The van der Waals surface area contributed by atoms with Gasteiger partial charge in [0.1, 0.15) is 18.0 Å². The molecule has 0 unspecified atom stereocenters. The number of ether oxygens (including phenoxy) is 1. The predicted octanol–water partition coefficient (Wildman–Crippen LogP) is 5.27. The van der Waals surface area contributed by atoms with E-state index in [2.05, 4.69) is 4.98 Å². The van der Waals surface area contributed by atoms with Gasteiger partial charge in [0.05, 0.1) is 11.3 Å². The molecule has 1 saturated heterocycles. The van der Waals surface area contributed by atoms with Gasteiger partial charge in [-0.15, -0.1) is 0 Å². The Morgan fingerprint density at radius 3 is 2.46 bits per heavy atom. The van der Waals surface area contributed by atoms with E-state index in [9.17, 15) is 9.59 Å². The molecule has 0 radical (unpaired) electrons. The van der Waals surface area contributed by atoms with Gasteiger partial charge in [-0.1, -0.05) is 48.0 Å². The number of carbonyl (C=O) groups is 2. The van der Waals surface area contributed by atoms with Crippen LogP contribution in [0.4, 0.5) is 0 Å². The van der Waals surface area contributed by atoms with Crippen LogP contribution in [0, 0.1) is 19.8 Å². The number of aromatic nitrogens is 2. The van der Waals surface area contributed by atoms with Crippen molar-refractivity contribution in [3.63, 3.8) is 0 Å². The summed E-state index contributed by atoms with van der Waals surface area (Å²) in [5.41, 5.74) is 5.23. The van der Waals surface area contributed by atoms with Gasteiger partial charge in [-0.3, -0.25) is 9.59 Å². The Hall–Kier alpha value is -3.93. The first-order chi connectivity index (χ1) is 17.0. The molecule has 0 bridgehead atoms. The maximum absolute atomic E-state index is 13.3. The Kier molecular flexibility index (Phi) is 6.36. The Balaban J connectivity index is 1.23. The molecule has 2 aromatic carbocycles. The molecule has 4 aromatic rings. The van der Waals surface area contributed by atoms with E-state index in [0.717, 1.165) is 28.0 Å². The summed E-state index contributed by atoms with van der Waals surface area (Å²) in [6.07, 6.45) is 5.25. The lowest BCUT2D eigenvalue weighted by molar-refractivity contribution is 0.0646. The van der Waals surface area contributed by atoms with Crippen molar-refractivity contribution in [2.75, 3.05) is 13.1 Å². The highest BCUT2D eigenvalue weighted by molar-refractivity contribution is 5.99. The van der Waals surface area contributed by atoms with Crippen LogP contribution in [0.3, 0.4) is 0 Å². The number of nitrogens with zero attached hydrogens (tertiary/aromatic N) is 3. The number of para-hydroxylation sites is 1. The smallest absolute Gasteiger partial charge is 0.257 e. The van der Waals surface area contributed by atoms with Crippen molar-refractivity contribution >= 4 is 17.3 Å². The van der Waals surface area contributed by atoms with E-state index in [4.69, 9.17) is 4.74 Å². The minimum absolute atomic E-state index is 0.0493. The number of aryl methyl sites for hydroxylation is 2. The molecule has 1 fully saturated rings. The van der Waals surface area contributed by atoms with Crippen LogP contribution in [0.5, 0.6) is 5.75 Å². The summed E-state index contributed by atoms with van der Waals surface area (Å²) >= 11 is 0. The molecule has 0 spiro atoms. The molecule has 1 aliphatic heterocycles. The molecule has 0 aliphatic carbocycles. The van der Waals surface area contributed by atoms with Crippen LogP contribution in [0.2, 0.25) is 0 Å². The zero-order valence-electron chi connectivity index (χ0n) is 20.1. The fourth-order valence-corrected chi connectivity index (χ4v) is 4.66. The van der Waals surface area contributed by atoms with Crippen LogP contribution in [0.25, 0.3) is 5.65 Å². The number of benzene rings is 2. The van der Waals surface area contributed by atoms with Gasteiger partial charge in [-0.2, -0.15) is 0 Å². The topological polar surface area (TPSA) is 63.9 Å². The molecule has 6 heteroatoms. The summed E-state index contributed by atoms with van der Waals surface area (Å²) in [7, 11) is 0. The number of likely N-dealkylation sites (tertiary alicyclic amines) is 1. The van der Waals surface area contributed by atoms with Crippen LogP contribution in [0.15, 0.2) is 73.1 Å². The third-order valence-corrected chi connectivity index (χ3v) is 6.71. The first-order valence-electron chi connectivity index (χ1n) is 12.0. The second-order valence-corrected chi connectivity index (χ2v) is 9.24. The lowest BCUT2D eigenvalue weighted by Crippen LogP contribution is -2.40. The van der Waals surface area contributed by atoms with E-state index in [1.807, 2.05) is 90.1 Å². The van der Waals surface area contributed by atoms with Gasteiger partial charge < -0.3 is 14.0 Å². The van der Waals surface area contributed by atoms with Gasteiger partial charge >= 0.3 is 0 Å². The molecule has 5 rings (SSSR count). The number of rotatable bonds is 6. The van der Waals surface area contributed by atoms with Crippen molar-refractivity contribution in [3.8, 4) is 5.75 Å². The van der Waals surface area contributed by atoms with Crippen LogP contribution in [-0.4, -0.2) is 39.1 Å². The molecule has 2 aromatic heterocycles. The van der Waals surface area contributed by atoms with Gasteiger partial charge in [-0.25, -0.2) is 4.98 Å². The molecule has 0 atom stereocenters. The molecular weight excluding hydrogens is 438 g/mol. The zero-order chi connectivity index (χ0) is 24.4. The van der Waals surface area contributed by atoms with Gasteiger partial charge in [0.25, 0.3) is 5.91 Å². The molecule has 1 aliphatic rings. The van der Waals surface area contributed by atoms with Crippen LogP contribution >= 0.6 is 0 Å². The molecule has 3 heterocycles. The fraction of sp³-hybridized carbons (Fsp3) is 0.276. The van der Waals surface area contributed by atoms with Gasteiger partial charge in [0.2, 0.25) is 0 Å². The van der Waals surface area contributed by atoms with E-state index < -0.39 is 0 Å². The highest BCUT2D eigenvalue weighted by Gasteiger charge is 2.29. The maximum atomic E-state index is 13.3. The molecule has 35 heavy (non-hydrogen) atoms. The monoisotopic (exact) mass is 467 g/mol. The minimum atomic E-state index is -0.0623. The lowest BCUT2D eigenvalue weighted by Gasteiger charge is -2.31. The average molecular weight is 468 g/mol. The van der Waals surface area contributed by atoms with Gasteiger partial charge in [0, 0.05) is 37.0 Å². The summed E-state index contributed by atoms with van der Waals surface area (Å²) in [6.45, 7) is 5.43. The zero-order valence-corrected chi connectivity index (χ0v) is 20.1. The number of amides is 1. The number of pyridine rings is 1. The molecular formula is C29H29N3O3. The number of hydrogen-bond acceptors (Lipinski definition) is 4. The van der Waals surface area contributed by atoms with E-state index in [1.165, 1.54) is 0 Å². The largest absolute Gasteiger partial charge is 0.486 e. The van der Waals surface area contributed by atoms with E-state index in [0.29, 0.717) is 37.2 Å². The van der Waals surface area contributed by atoms with E-state index in [1.54, 1.807) is 6.07 Å². The number of imidazole rings is 1. The van der Waals surface area contributed by atoms with E-state index >= 15 is 0 Å². The first-order valence-corrected chi connectivity index (χ1v) is 12.0. The summed E-state index contributed by atoms with van der Waals surface area (Å²) in [5.74, 6) is 0.604. The average Bonchev–Trinajstić information content (AvgIpc) is 3.32. The third kappa shape index (κ3) is 4.83. The predicted molar refractivity (Wildman–Crippen MR) is 135 cm³/mol. The number of fused-ring (bicyclic) bond motifs is 1. The number of hydrogen-bond donors (Lipinski definition) is 0.